The lowest BCUT2D eigenvalue weighted by Crippen LogP contribution is -2.39. The zero-order valence-electron chi connectivity index (χ0n) is 9.45. The average molecular weight is 224 g/mol. The van der Waals surface area contributed by atoms with Crippen LogP contribution in [0.4, 0.5) is 4.39 Å². The summed E-state index contributed by atoms with van der Waals surface area (Å²) >= 11 is 0. The van der Waals surface area contributed by atoms with Crippen LogP contribution < -0.4 is 10.1 Å². The standard InChI is InChI=1S/C12H17FN2O/c1-9-2-3-10(6-14-9)8-16-12-5-4-11(13)7-15-12/h4-5,7,9-10,14H,2-3,6,8H2,1H3/t9-,10+/m1/s1. The summed E-state index contributed by atoms with van der Waals surface area (Å²) in [4.78, 5) is 3.86. The van der Waals surface area contributed by atoms with Crippen LogP contribution in [0.5, 0.6) is 5.88 Å². The lowest BCUT2D eigenvalue weighted by atomic mass is 9.96. The lowest BCUT2D eigenvalue weighted by molar-refractivity contribution is 0.198. The Morgan fingerprint density at radius 3 is 3.00 bits per heavy atom. The number of aromatic nitrogens is 1. The molecule has 0 amide bonds. The SMILES string of the molecule is C[C@@H]1CC[C@H](COc2ccc(F)cn2)CN1. The van der Waals surface area contributed by atoms with Crippen molar-refractivity contribution in [3.05, 3.63) is 24.1 Å². The van der Waals surface area contributed by atoms with Gasteiger partial charge in [-0.15, -0.1) is 0 Å². The van der Waals surface area contributed by atoms with E-state index in [1.807, 2.05) is 0 Å². The number of ether oxygens (including phenoxy) is 1. The van der Waals surface area contributed by atoms with E-state index in [-0.39, 0.29) is 5.82 Å². The molecule has 0 unspecified atom stereocenters. The minimum absolute atomic E-state index is 0.333. The molecule has 1 aliphatic rings. The van der Waals surface area contributed by atoms with Crippen LogP contribution in [0.2, 0.25) is 0 Å². The number of pyridine rings is 1. The molecular formula is C12H17FN2O. The van der Waals surface area contributed by atoms with Gasteiger partial charge in [-0.1, -0.05) is 0 Å². The summed E-state index contributed by atoms with van der Waals surface area (Å²) in [6.45, 7) is 3.83. The van der Waals surface area contributed by atoms with Crippen LogP contribution in [-0.4, -0.2) is 24.2 Å². The van der Waals surface area contributed by atoms with Crippen molar-refractivity contribution in [1.82, 2.24) is 10.3 Å². The maximum Gasteiger partial charge on any atom is 0.213 e. The summed E-state index contributed by atoms with van der Waals surface area (Å²) < 4.78 is 18.1. The normalized spacial score (nSPS) is 25.4. The molecule has 1 aromatic heterocycles. The topological polar surface area (TPSA) is 34.1 Å². The van der Waals surface area contributed by atoms with E-state index >= 15 is 0 Å². The Morgan fingerprint density at radius 2 is 2.38 bits per heavy atom. The van der Waals surface area contributed by atoms with E-state index in [9.17, 15) is 4.39 Å². The molecule has 16 heavy (non-hydrogen) atoms. The van der Waals surface area contributed by atoms with E-state index in [1.54, 1.807) is 6.07 Å². The van der Waals surface area contributed by atoms with E-state index < -0.39 is 0 Å². The van der Waals surface area contributed by atoms with Crippen molar-refractivity contribution in [1.29, 1.82) is 0 Å². The van der Waals surface area contributed by atoms with Gasteiger partial charge in [-0.05, 0) is 25.8 Å². The highest BCUT2D eigenvalue weighted by Gasteiger charge is 2.17. The van der Waals surface area contributed by atoms with Gasteiger partial charge >= 0.3 is 0 Å². The van der Waals surface area contributed by atoms with E-state index in [0.29, 0.717) is 24.4 Å². The van der Waals surface area contributed by atoms with Gasteiger partial charge < -0.3 is 10.1 Å². The number of rotatable bonds is 3. The second-order valence-corrected chi connectivity index (χ2v) is 4.38. The van der Waals surface area contributed by atoms with E-state index in [1.165, 1.54) is 25.1 Å². The minimum Gasteiger partial charge on any atom is -0.477 e. The summed E-state index contributed by atoms with van der Waals surface area (Å²) in [5, 5.41) is 3.42. The van der Waals surface area contributed by atoms with E-state index in [2.05, 4.69) is 17.2 Å². The fourth-order valence-electron chi connectivity index (χ4n) is 1.85. The van der Waals surface area contributed by atoms with Crippen molar-refractivity contribution in [2.24, 2.45) is 5.92 Å². The molecule has 0 spiro atoms. The molecule has 0 aliphatic carbocycles. The molecule has 2 heterocycles. The average Bonchev–Trinajstić information content (AvgIpc) is 2.30. The number of nitrogens with one attached hydrogen (secondary N) is 1. The molecular weight excluding hydrogens is 207 g/mol. The van der Waals surface area contributed by atoms with Gasteiger partial charge in [0.05, 0.1) is 12.8 Å². The first-order valence-corrected chi connectivity index (χ1v) is 5.72. The predicted molar refractivity (Wildman–Crippen MR) is 59.9 cm³/mol. The Bertz CT molecular complexity index is 320. The van der Waals surface area contributed by atoms with Crippen molar-refractivity contribution in [2.45, 2.75) is 25.8 Å². The Kier molecular flexibility index (Phi) is 3.72. The maximum absolute atomic E-state index is 12.6. The van der Waals surface area contributed by atoms with Crippen LogP contribution in [0.25, 0.3) is 0 Å². The number of halogens is 1. The molecule has 0 bridgehead atoms. The van der Waals surface area contributed by atoms with Gasteiger partial charge in [-0.2, -0.15) is 0 Å². The zero-order valence-corrected chi connectivity index (χ0v) is 9.45. The van der Waals surface area contributed by atoms with Gasteiger partial charge in [0.15, 0.2) is 0 Å². The molecule has 3 nitrogen and oxygen atoms in total. The van der Waals surface area contributed by atoms with Crippen molar-refractivity contribution in [3.63, 3.8) is 0 Å². The molecule has 4 heteroatoms. The van der Waals surface area contributed by atoms with Crippen molar-refractivity contribution in [2.75, 3.05) is 13.2 Å². The molecule has 1 aliphatic heterocycles. The maximum atomic E-state index is 12.6. The quantitative estimate of drug-likeness (QED) is 0.852. The second kappa shape index (κ2) is 5.25. The van der Waals surface area contributed by atoms with Gasteiger partial charge in [-0.25, -0.2) is 9.37 Å². The summed E-state index contributed by atoms with van der Waals surface area (Å²) in [6.07, 6.45) is 3.54. The number of hydrogen-bond acceptors (Lipinski definition) is 3. The van der Waals surface area contributed by atoms with Gasteiger partial charge in [0.2, 0.25) is 5.88 Å². The number of hydrogen-bond donors (Lipinski definition) is 1. The number of piperidine rings is 1. The monoisotopic (exact) mass is 224 g/mol. The van der Waals surface area contributed by atoms with E-state index in [4.69, 9.17) is 4.74 Å². The molecule has 1 fully saturated rings. The smallest absolute Gasteiger partial charge is 0.213 e. The second-order valence-electron chi connectivity index (χ2n) is 4.38. The van der Waals surface area contributed by atoms with Crippen LogP contribution in [0.1, 0.15) is 19.8 Å². The third kappa shape index (κ3) is 3.17. The van der Waals surface area contributed by atoms with Crippen LogP contribution in [0.3, 0.4) is 0 Å². The Hall–Kier alpha value is -1.16. The first kappa shape index (κ1) is 11.3. The van der Waals surface area contributed by atoms with Gasteiger partial charge in [0.1, 0.15) is 5.82 Å². The van der Waals surface area contributed by atoms with Crippen molar-refractivity contribution in [3.8, 4) is 5.88 Å². The third-order valence-corrected chi connectivity index (χ3v) is 2.93. The van der Waals surface area contributed by atoms with Crippen LogP contribution in [-0.2, 0) is 0 Å². The van der Waals surface area contributed by atoms with Gasteiger partial charge in [0.25, 0.3) is 0 Å². The lowest BCUT2D eigenvalue weighted by Gasteiger charge is -2.27. The molecule has 0 aromatic carbocycles. The molecule has 0 saturated carbocycles. The fourth-order valence-corrected chi connectivity index (χ4v) is 1.85. The largest absolute Gasteiger partial charge is 0.477 e. The van der Waals surface area contributed by atoms with Crippen molar-refractivity contribution >= 4 is 0 Å². The summed E-state index contributed by atoms with van der Waals surface area (Å²) in [5.74, 6) is 0.698. The third-order valence-electron chi connectivity index (χ3n) is 2.93. The van der Waals surface area contributed by atoms with Crippen LogP contribution in [0.15, 0.2) is 18.3 Å². The van der Waals surface area contributed by atoms with E-state index in [0.717, 1.165) is 6.54 Å². The fraction of sp³-hybridized carbons (Fsp3) is 0.583. The summed E-state index contributed by atoms with van der Waals surface area (Å²) in [7, 11) is 0. The van der Waals surface area contributed by atoms with Gasteiger partial charge in [0, 0.05) is 24.6 Å². The van der Waals surface area contributed by atoms with Crippen LogP contribution >= 0.6 is 0 Å². The number of nitrogens with zero attached hydrogens (tertiary/aromatic N) is 1. The Balaban J connectivity index is 1.77. The molecule has 1 saturated heterocycles. The molecule has 1 N–H and O–H groups in total. The summed E-state index contributed by atoms with van der Waals surface area (Å²) in [5.41, 5.74) is 0. The first-order chi connectivity index (χ1) is 7.74. The first-order valence-electron chi connectivity index (χ1n) is 5.72. The predicted octanol–water partition coefficient (Wildman–Crippen LogP) is 1.99. The highest BCUT2D eigenvalue weighted by atomic mass is 19.1. The van der Waals surface area contributed by atoms with Crippen molar-refractivity contribution < 1.29 is 9.13 Å². The molecule has 2 rings (SSSR count). The minimum atomic E-state index is -0.333. The molecule has 88 valence electrons. The molecule has 2 atom stereocenters. The summed E-state index contributed by atoms with van der Waals surface area (Å²) in [6, 6.07) is 3.54. The Labute approximate surface area is 95.0 Å². The highest BCUT2D eigenvalue weighted by Crippen LogP contribution is 2.15. The zero-order chi connectivity index (χ0) is 11.4. The highest BCUT2D eigenvalue weighted by molar-refractivity contribution is 5.10. The van der Waals surface area contributed by atoms with Crippen LogP contribution in [0, 0.1) is 11.7 Å². The Morgan fingerprint density at radius 1 is 1.50 bits per heavy atom. The van der Waals surface area contributed by atoms with Gasteiger partial charge in [-0.3, -0.25) is 0 Å². The molecule has 1 aromatic rings. The molecule has 0 radical (unpaired) electrons.